The van der Waals surface area contributed by atoms with E-state index in [1.165, 1.54) is 19.3 Å². The molecule has 1 N–H and O–H groups in total. The molecule has 0 radical (unpaired) electrons. The topological polar surface area (TPSA) is 80.7 Å². The van der Waals surface area contributed by atoms with Gasteiger partial charge >= 0.3 is 45.6 Å². The summed E-state index contributed by atoms with van der Waals surface area (Å²) < 4.78 is 26.4. The van der Waals surface area contributed by atoms with Gasteiger partial charge in [-0.2, -0.15) is 8.42 Å². The standard InChI is InChI=1S/C12H24O5S.Na.H/c1-2-3-4-5-6-7-8-9-12(14)17-18(15,16)11-10-13;;/h13H,2-11H2,1H3;;. The van der Waals surface area contributed by atoms with Crippen LogP contribution in [0.1, 0.15) is 58.3 Å². The average Bonchev–Trinajstić information content (AvgIpc) is 2.27. The van der Waals surface area contributed by atoms with Crippen LogP contribution >= 0.6 is 0 Å². The van der Waals surface area contributed by atoms with Gasteiger partial charge in [0.2, 0.25) is 0 Å². The van der Waals surface area contributed by atoms with E-state index in [9.17, 15) is 13.2 Å². The van der Waals surface area contributed by atoms with Crippen LogP contribution in [0, 0.1) is 0 Å². The van der Waals surface area contributed by atoms with Gasteiger partial charge in [-0.25, -0.2) is 0 Å². The fourth-order valence-corrected chi connectivity index (χ4v) is 2.24. The molecule has 0 aromatic carbocycles. The molecule has 0 amide bonds. The van der Waals surface area contributed by atoms with Crippen LogP contribution in [0.3, 0.4) is 0 Å². The quantitative estimate of drug-likeness (QED) is 0.354. The van der Waals surface area contributed by atoms with Crippen LogP contribution in [-0.2, 0) is 19.1 Å². The zero-order valence-electron chi connectivity index (χ0n) is 11.1. The summed E-state index contributed by atoms with van der Waals surface area (Å²) in [5.74, 6) is -1.26. The molecular formula is C12H25NaO5S. The minimum absolute atomic E-state index is 0. The van der Waals surface area contributed by atoms with Crippen molar-refractivity contribution < 1.29 is 22.5 Å². The first-order chi connectivity index (χ1) is 8.52. The molecule has 7 heteroatoms. The summed E-state index contributed by atoms with van der Waals surface area (Å²) in [5.41, 5.74) is 0. The van der Waals surface area contributed by atoms with Crippen LogP contribution in [-0.4, -0.2) is 61.4 Å². The zero-order valence-corrected chi connectivity index (χ0v) is 11.9. The van der Waals surface area contributed by atoms with E-state index in [1.54, 1.807) is 0 Å². The molecule has 0 fully saturated rings. The average molecular weight is 304 g/mol. The third-order valence-corrected chi connectivity index (χ3v) is 3.67. The van der Waals surface area contributed by atoms with E-state index >= 15 is 0 Å². The van der Waals surface area contributed by atoms with E-state index in [1.807, 2.05) is 0 Å². The molecule has 0 saturated carbocycles. The first-order valence-electron chi connectivity index (χ1n) is 6.57. The van der Waals surface area contributed by atoms with Crippen molar-refractivity contribution in [3.8, 4) is 0 Å². The van der Waals surface area contributed by atoms with Gasteiger partial charge in [-0.3, -0.25) is 4.79 Å². The fraction of sp³-hybridized carbons (Fsp3) is 0.917. The second kappa shape index (κ2) is 13.4. The molecule has 0 aliphatic rings. The van der Waals surface area contributed by atoms with Crippen LogP contribution in [0.25, 0.3) is 0 Å². The predicted molar refractivity (Wildman–Crippen MR) is 76.7 cm³/mol. The van der Waals surface area contributed by atoms with Crippen LogP contribution < -0.4 is 0 Å². The van der Waals surface area contributed by atoms with Crippen LogP contribution in [0.4, 0.5) is 0 Å². The van der Waals surface area contributed by atoms with E-state index in [2.05, 4.69) is 11.1 Å². The van der Waals surface area contributed by atoms with Crippen LogP contribution in [0.5, 0.6) is 0 Å². The van der Waals surface area contributed by atoms with E-state index in [0.717, 1.165) is 19.3 Å². The van der Waals surface area contributed by atoms with E-state index in [-0.39, 0.29) is 36.0 Å². The summed E-state index contributed by atoms with van der Waals surface area (Å²) in [6.45, 7) is 1.62. The normalized spacial score (nSPS) is 10.8. The third-order valence-electron chi connectivity index (χ3n) is 2.55. The Morgan fingerprint density at radius 1 is 1.05 bits per heavy atom. The molecule has 0 saturated heterocycles. The maximum absolute atomic E-state index is 11.2. The Labute approximate surface area is 138 Å². The van der Waals surface area contributed by atoms with Gasteiger partial charge in [-0.1, -0.05) is 45.4 Å². The molecule has 0 spiro atoms. The molecule has 0 aromatic rings. The predicted octanol–water partition coefficient (Wildman–Crippen LogP) is 1.34. The second-order valence-electron chi connectivity index (χ2n) is 4.31. The summed E-state index contributed by atoms with van der Waals surface area (Å²) in [6, 6.07) is 0. The Bertz CT molecular complexity index is 316. The van der Waals surface area contributed by atoms with Gasteiger partial charge in [-0.05, 0) is 6.42 Å². The monoisotopic (exact) mass is 304 g/mol. The summed E-state index contributed by atoms with van der Waals surface area (Å²) >= 11 is 0. The van der Waals surface area contributed by atoms with Crippen molar-refractivity contribution in [1.82, 2.24) is 0 Å². The SMILES string of the molecule is CCCCCCCCCC(=O)OS(=O)(=O)CCO.[NaH]. The molecule has 0 heterocycles. The molecule has 0 aliphatic carbocycles. The molecule has 0 atom stereocenters. The number of hydrogen-bond donors (Lipinski definition) is 1. The second-order valence-corrected chi connectivity index (χ2v) is 6.00. The minimum atomic E-state index is -3.89. The summed E-state index contributed by atoms with van der Waals surface area (Å²) in [7, 11) is -3.89. The fourth-order valence-electron chi connectivity index (χ4n) is 1.56. The Hall–Kier alpha value is 0.380. The number of aliphatic hydroxyl groups excluding tert-OH is 1. The van der Waals surface area contributed by atoms with Gasteiger partial charge in [0.25, 0.3) is 0 Å². The Kier molecular flexibility index (Phi) is 15.2. The molecule has 0 unspecified atom stereocenters. The number of aliphatic hydroxyl groups is 1. The molecule has 0 rings (SSSR count). The molecular weight excluding hydrogens is 279 g/mol. The Morgan fingerprint density at radius 3 is 2.11 bits per heavy atom. The van der Waals surface area contributed by atoms with Crippen LogP contribution in [0.15, 0.2) is 0 Å². The van der Waals surface area contributed by atoms with Gasteiger partial charge in [0.1, 0.15) is 5.75 Å². The number of rotatable bonds is 11. The number of carbonyl (C=O) groups is 1. The summed E-state index contributed by atoms with van der Waals surface area (Å²) in [5, 5.41) is 8.46. The first kappa shape index (κ1) is 21.7. The van der Waals surface area contributed by atoms with E-state index < -0.39 is 28.4 Å². The van der Waals surface area contributed by atoms with E-state index in [4.69, 9.17) is 5.11 Å². The van der Waals surface area contributed by atoms with E-state index in [0.29, 0.717) is 6.42 Å². The van der Waals surface area contributed by atoms with Crippen molar-refractivity contribution in [3.63, 3.8) is 0 Å². The van der Waals surface area contributed by atoms with Crippen molar-refractivity contribution in [2.24, 2.45) is 0 Å². The Morgan fingerprint density at radius 2 is 1.58 bits per heavy atom. The molecule has 5 nitrogen and oxygen atoms in total. The van der Waals surface area contributed by atoms with Gasteiger partial charge < -0.3 is 9.29 Å². The molecule has 0 bridgehead atoms. The van der Waals surface area contributed by atoms with Gasteiger partial charge in [0, 0.05) is 6.42 Å². The number of hydrogen-bond acceptors (Lipinski definition) is 5. The van der Waals surface area contributed by atoms with Crippen molar-refractivity contribution in [2.45, 2.75) is 58.3 Å². The summed E-state index contributed by atoms with van der Waals surface area (Å²) in [4.78, 5) is 11.2. The van der Waals surface area contributed by atoms with Crippen molar-refractivity contribution in [2.75, 3.05) is 12.4 Å². The molecule has 0 aromatic heterocycles. The number of unbranched alkanes of at least 4 members (excludes halogenated alkanes) is 6. The van der Waals surface area contributed by atoms with Crippen molar-refractivity contribution >= 4 is 45.6 Å². The maximum atomic E-state index is 11.2. The third kappa shape index (κ3) is 14.6. The van der Waals surface area contributed by atoms with Gasteiger partial charge in [0.05, 0.1) is 6.61 Å². The first-order valence-corrected chi connectivity index (χ1v) is 8.15. The zero-order chi connectivity index (χ0) is 13.9. The molecule has 19 heavy (non-hydrogen) atoms. The van der Waals surface area contributed by atoms with Crippen molar-refractivity contribution in [1.29, 1.82) is 0 Å². The molecule has 0 aliphatic heterocycles. The number of carbonyl (C=O) groups excluding carboxylic acids is 1. The van der Waals surface area contributed by atoms with Gasteiger partial charge in [0.15, 0.2) is 0 Å². The Balaban J connectivity index is 0. The van der Waals surface area contributed by atoms with Gasteiger partial charge in [-0.15, -0.1) is 0 Å². The van der Waals surface area contributed by atoms with Crippen LogP contribution in [0.2, 0.25) is 0 Å². The van der Waals surface area contributed by atoms with Crippen molar-refractivity contribution in [3.05, 3.63) is 0 Å². The molecule has 110 valence electrons. The summed E-state index contributed by atoms with van der Waals surface area (Å²) in [6.07, 6.45) is 7.57.